The molecule has 0 atom stereocenters. The Morgan fingerprint density at radius 2 is 1.26 bits per heavy atom. The van der Waals surface area contributed by atoms with Crippen molar-refractivity contribution in [2.75, 3.05) is 0 Å². The van der Waals surface area contributed by atoms with Gasteiger partial charge in [-0.3, -0.25) is 4.98 Å². The van der Waals surface area contributed by atoms with Gasteiger partial charge in [-0.2, -0.15) is 0 Å². The third-order valence-corrected chi connectivity index (χ3v) is 11.0. The molecule has 4 heteroatoms. The van der Waals surface area contributed by atoms with Gasteiger partial charge in [-0.05, 0) is 125 Å². The first-order chi connectivity index (χ1) is 24.5. The van der Waals surface area contributed by atoms with Crippen molar-refractivity contribution in [1.82, 2.24) is 9.97 Å². The van der Waals surface area contributed by atoms with E-state index in [9.17, 15) is 0 Å². The van der Waals surface area contributed by atoms with Gasteiger partial charge in [0.1, 0.15) is 16.5 Å². The molecule has 1 aliphatic carbocycles. The van der Waals surface area contributed by atoms with Gasteiger partial charge < -0.3 is 4.74 Å². The largest absolute Gasteiger partial charge is 0.457 e. The van der Waals surface area contributed by atoms with Crippen LogP contribution in [0.2, 0.25) is 0 Å². The number of aromatic nitrogens is 2. The molecule has 3 nitrogen and oxygen atoms in total. The number of para-hydroxylation sites is 1. The van der Waals surface area contributed by atoms with Crippen LogP contribution in [-0.4, -0.2) is 9.97 Å². The zero-order valence-corrected chi connectivity index (χ0v) is 29.0. The Kier molecular flexibility index (Phi) is 7.22. The van der Waals surface area contributed by atoms with Gasteiger partial charge in [-0.1, -0.05) is 96.6 Å². The minimum atomic E-state index is -0.599. The van der Waals surface area contributed by atoms with Crippen molar-refractivity contribution in [3.8, 4) is 44.3 Å². The predicted octanol–water partition coefficient (Wildman–Crippen LogP) is 12.1. The summed E-state index contributed by atoms with van der Waals surface area (Å²) in [4.78, 5) is 10.0. The SMILES string of the molecule is Cc1cc(C)c(-c2cc(Oc3cccc(C4(c5ccccn5)c5ccccc5-c5ccccc54)c3)cc(-c3nc4ccccc4s3)c2)c(C)c1. The van der Waals surface area contributed by atoms with Crippen molar-refractivity contribution in [2.45, 2.75) is 26.2 Å². The molecule has 2 aromatic heterocycles. The van der Waals surface area contributed by atoms with Gasteiger partial charge in [0, 0.05) is 11.8 Å². The molecule has 0 fully saturated rings. The Bertz CT molecular complexity index is 2470. The van der Waals surface area contributed by atoms with Crippen LogP contribution < -0.4 is 4.74 Å². The second-order valence-corrected chi connectivity index (χ2v) is 14.2. The molecule has 50 heavy (non-hydrogen) atoms. The van der Waals surface area contributed by atoms with Crippen LogP contribution in [0.3, 0.4) is 0 Å². The van der Waals surface area contributed by atoms with E-state index in [-0.39, 0.29) is 0 Å². The third-order valence-electron chi connectivity index (χ3n) is 9.92. The highest BCUT2D eigenvalue weighted by atomic mass is 32.1. The number of thiazole rings is 1. The number of nitrogens with zero attached hydrogens (tertiary/aromatic N) is 2. The van der Waals surface area contributed by atoms with Crippen LogP contribution in [0.1, 0.15) is 39.1 Å². The molecule has 240 valence electrons. The van der Waals surface area contributed by atoms with Crippen LogP contribution in [0.5, 0.6) is 11.5 Å². The molecule has 0 radical (unpaired) electrons. The zero-order chi connectivity index (χ0) is 33.8. The number of benzene rings is 6. The fraction of sp³-hybridized carbons (Fsp3) is 0.0870. The molecular weight excluding hydrogens is 629 g/mol. The van der Waals surface area contributed by atoms with Crippen molar-refractivity contribution >= 4 is 21.6 Å². The molecular formula is C46H34N2OS. The zero-order valence-electron chi connectivity index (χ0n) is 28.1. The Hall–Kier alpha value is -5.84. The Morgan fingerprint density at radius 3 is 1.98 bits per heavy atom. The van der Waals surface area contributed by atoms with E-state index in [4.69, 9.17) is 14.7 Å². The average molecular weight is 663 g/mol. The molecule has 1 aliphatic rings. The molecule has 0 bridgehead atoms. The first-order valence-corrected chi connectivity index (χ1v) is 17.8. The summed E-state index contributed by atoms with van der Waals surface area (Å²) in [6.07, 6.45) is 1.89. The minimum absolute atomic E-state index is 0.599. The molecule has 0 N–H and O–H groups in total. The van der Waals surface area contributed by atoms with Crippen LogP contribution >= 0.6 is 11.3 Å². The topological polar surface area (TPSA) is 35.0 Å². The maximum absolute atomic E-state index is 6.89. The van der Waals surface area contributed by atoms with E-state index in [0.717, 1.165) is 44.4 Å². The molecule has 9 rings (SSSR count). The van der Waals surface area contributed by atoms with Gasteiger partial charge in [0.25, 0.3) is 0 Å². The lowest BCUT2D eigenvalue weighted by atomic mass is 9.70. The summed E-state index contributed by atoms with van der Waals surface area (Å²) >= 11 is 1.71. The van der Waals surface area contributed by atoms with Gasteiger partial charge >= 0.3 is 0 Å². The van der Waals surface area contributed by atoms with Gasteiger partial charge in [0.15, 0.2) is 0 Å². The minimum Gasteiger partial charge on any atom is -0.457 e. The van der Waals surface area contributed by atoms with E-state index in [1.165, 1.54) is 49.2 Å². The molecule has 0 saturated carbocycles. The third kappa shape index (κ3) is 4.87. The molecule has 0 unspecified atom stereocenters. The summed E-state index contributed by atoms with van der Waals surface area (Å²) in [7, 11) is 0. The quantitative estimate of drug-likeness (QED) is 0.178. The van der Waals surface area contributed by atoms with Gasteiger partial charge in [0.2, 0.25) is 0 Å². The van der Waals surface area contributed by atoms with Gasteiger partial charge in [-0.25, -0.2) is 4.98 Å². The standard InChI is InChI=1S/C46H34N2OS/c1-29-23-30(2)44(31(3)24-29)32-25-33(45-48-41-19-8-9-20-42(41)50-45)27-36(26-32)49-35-14-12-13-34(28-35)46(43-21-10-11-22-47-43)39-17-6-4-15-37(39)38-16-5-7-18-40(38)46/h4-28H,1-3H3. The molecule has 0 aliphatic heterocycles. The maximum Gasteiger partial charge on any atom is 0.128 e. The highest BCUT2D eigenvalue weighted by Crippen LogP contribution is 2.56. The van der Waals surface area contributed by atoms with Crippen LogP contribution in [-0.2, 0) is 5.41 Å². The fourth-order valence-electron chi connectivity index (χ4n) is 8.04. The van der Waals surface area contributed by atoms with Gasteiger partial charge in [0.05, 0.1) is 21.3 Å². The lowest BCUT2D eigenvalue weighted by Crippen LogP contribution is -2.29. The molecule has 0 spiro atoms. The summed E-state index contributed by atoms with van der Waals surface area (Å²) < 4.78 is 8.06. The van der Waals surface area contributed by atoms with Gasteiger partial charge in [-0.15, -0.1) is 11.3 Å². The number of fused-ring (bicyclic) bond motifs is 4. The Balaban J connectivity index is 1.21. The van der Waals surface area contributed by atoms with Crippen LogP contribution in [0.25, 0.3) is 43.0 Å². The highest BCUT2D eigenvalue weighted by Gasteiger charge is 2.47. The summed E-state index contributed by atoms with van der Waals surface area (Å²) in [5.74, 6) is 1.54. The second kappa shape index (κ2) is 11.9. The fourth-order valence-corrected chi connectivity index (χ4v) is 8.99. The molecule has 6 aromatic carbocycles. The number of hydrogen-bond donors (Lipinski definition) is 0. The maximum atomic E-state index is 6.89. The lowest BCUT2D eigenvalue weighted by Gasteiger charge is -2.32. The number of rotatable bonds is 6. The van der Waals surface area contributed by atoms with E-state index < -0.39 is 5.41 Å². The smallest absolute Gasteiger partial charge is 0.128 e. The molecule has 8 aromatic rings. The molecule has 2 heterocycles. The number of pyridine rings is 1. The Labute approximate surface area is 296 Å². The van der Waals surface area contributed by atoms with Crippen LogP contribution in [0, 0.1) is 20.8 Å². The van der Waals surface area contributed by atoms with Crippen molar-refractivity contribution in [3.63, 3.8) is 0 Å². The summed E-state index contributed by atoms with van der Waals surface area (Å²) in [5.41, 5.74) is 14.6. The predicted molar refractivity (Wildman–Crippen MR) is 206 cm³/mol. The summed E-state index contributed by atoms with van der Waals surface area (Å²) in [6.45, 7) is 6.54. The van der Waals surface area contributed by atoms with Crippen molar-refractivity contribution in [1.29, 1.82) is 0 Å². The van der Waals surface area contributed by atoms with Crippen molar-refractivity contribution in [2.24, 2.45) is 0 Å². The number of aryl methyl sites for hydroxylation is 3. The summed E-state index contributed by atoms with van der Waals surface area (Å²) in [5, 5.41) is 0.974. The average Bonchev–Trinajstić information content (AvgIpc) is 3.70. The summed E-state index contributed by atoms with van der Waals surface area (Å²) in [6, 6.07) is 51.6. The van der Waals surface area contributed by atoms with Crippen LogP contribution in [0.15, 0.2) is 152 Å². The number of hydrogen-bond acceptors (Lipinski definition) is 4. The lowest BCUT2D eigenvalue weighted by molar-refractivity contribution is 0.481. The normalized spacial score (nSPS) is 12.9. The Morgan fingerprint density at radius 1 is 0.580 bits per heavy atom. The molecule has 0 amide bonds. The van der Waals surface area contributed by atoms with Crippen molar-refractivity contribution < 1.29 is 4.74 Å². The van der Waals surface area contributed by atoms with E-state index >= 15 is 0 Å². The first kappa shape index (κ1) is 30.2. The monoisotopic (exact) mass is 662 g/mol. The van der Waals surface area contributed by atoms with E-state index in [2.05, 4.69) is 154 Å². The second-order valence-electron chi connectivity index (χ2n) is 13.2. The highest BCUT2D eigenvalue weighted by molar-refractivity contribution is 7.21. The number of ether oxygens (including phenoxy) is 1. The van der Waals surface area contributed by atoms with Crippen molar-refractivity contribution in [3.05, 3.63) is 191 Å². The first-order valence-electron chi connectivity index (χ1n) is 17.0. The van der Waals surface area contributed by atoms with E-state index in [1.54, 1.807) is 11.3 Å². The molecule has 0 saturated heterocycles. The van der Waals surface area contributed by atoms with E-state index in [0.29, 0.717) is 0 Å². The van der Waals surface area contributed by atoms with Crippen LogP contribution in [0.4, 0.5) is 0 Å². The van der Waals surface area contributed by atoms with E-state index in [1.807, 2.05) is 18.3 Å².